The molecule has 2 unspecified atom stereocenters. The minimum atomic E-state index is 0.317. The number of piperazine rings is 1. The molecule has 1 fully saturated rings. The molecule has 0 spiro atoms. The van der Waals surface area contributed by atoms with E-state index in [0.29, 0.717) is 23.4 Å². The van der Waals surface area contributed by atoms with E-state index < -0.39 is 0 Å². The summed E-state index contributed by atoms with van der Waals surface area (Å²) in [4.78, 5) is 7.30. The molecule has 1 aromatic rings. The Morgan fingerprint density at radius 2 is 2.14 bits per heavy atom. The number of hydrogen-bond donors (Lipinski definition) is 1. The van der Waals surface area contributed by atoms with Gasteiger partial charge in [-0.15, -0.1) is 11.3 Å². The number of rotatable bonds is 4. The van der Waals surface area contributed by atoms with E-state index in [2.05, 4.69) is 62.1 Å². The molecule has 1 saturated heterocycles. The van der Waals surface area contributed by atoms with Crippen LogP contribution in [0.1, 0.15) is 45.3 Å². The van der Waals surface area contributed by atoms with Crippen LogP contribution in [0.5, 0.6) is 0 Å². The minimum absolute atomic E-state index is 0.317. The summed E-state index contributed by atoms with van der Waals surface area (Å²) >= 11 is 1.76. The molecule has 0 saturated carbocycles. The third kappa shape index (κ3) is 4.51. The van der Waals surface area contributed by atoms with E-state index in [1.807, 2.05) is 0 Å². The van der Waals surface area contributed by atoms with Gasteiger partial charge in [-0.25, -0.2) is 4.98 Å². The van der Waals surface area contributed by atoms with Crippen LogP contribution in [-0.2, 0) is 6.42 Å². The molecule has 120 valence electrons. The largest absolute Gasteiger partial charge is 0.311 e. The number of aromatic nitrogens is 1. The monoisotopic (exact) mass is 309 g/mol. The first kappa shape index (κ1) is 16.9. The molecule has 1 N–H and O–H groups in total. The molecule has 3 nitrogen and oxygen atoms in total. The summed E-state index contributed by atoms with van der Waals surface area (Å²) in [5.41, 5.74) is 1.57. The quantitative estimate of drug-likeness (QED) is 0.924. The Balaban J connectivity index is 2.00. The second-order valence-electron chi connectivity index (χ2n) is 7.74. The predicted molar refractivity (Wildman–Crippen MR) is 92.0 cm³/mol. The summed E-state index contributed by atoms with van der Waals surface area (Å²) in [7, 11) is 0. The van der Waals surface area contributed by atoms with Gasteiger partial charge in [0.2, 0.25) is 0 Å². The highest BCUT2D eigenvalue weighted by molar-refractivity contribution is 7.09. The fourth-order valence-electron chi connectivity index (χ4n) is 3.10. The molecule has 2 rings (SSSR count). The van der Waals surface area contributed by atoms with Gasteiger partial charge in [-0.3, -0.25) is 4.90 Å². The normalized spacial score (nSPS) is 24.7. The van der Waals surface area contributed by atoms with Crippen molar-refractivity contribution in [2.24, 2.45) is 11.3 Å². The Kier molecular flexibility index (Phi) is 5.44. The number of nitrogens with zero attached hydrogens (tertiary/aromatic N) is 2. The zero-order valence-corrected chi connectivity index (χ0v) is 15.3. The Morgan fingerprint density at radius 3 is 2.67 bits per heavy atom. The third-order valence-corrected chi connectivity index (χ3v) is 5.42. The molecule has 4 heteroatoms. The maximum Gasteiger partial charge on any atom is 0.0897 e. The van der Waals surface area contributed by atoms with Gasteiger partial charge < -0.3 is 5.32 Å². The van der Waals surface area contributed by atoms with Crippen molar-refractivity contribution in [2.45, 2.75) is 60.0 Å². The van der Waals surface area contributed by atoms with Gasteiger partial charge in [0.1, 0.15) is 0 Å². The molecular weight excluding hydrogens is 278 g/mol. The smallest absolute Gasteiger partial charge is 0.0897 e. The summed E-state index contributed by atoms with van der Waals surface area (Å²) in [6.07, 6.45) is 1.07. The average Bonchev–Trinajstić information content (AvgIpc) is 2.80. The standard InChI is InChI=1S/C17H31N3S/c1-12(2)15-9-18-16(17(4,5)6)10-20(15)8-7-14-11-21-13(3)19-14/h11-12,15-16,18H,7-10H2,1-6H3. The molecule has 0 bridgehead atoms. The molecule has 0 radical (unpaired) electrons. The van der Waals surface area contributed by atoms with Crippen molar-refractivity contribution in [3.8, 4) is 0 Å². The molecule has 2 heterocycles. The number of thiazole rings is 1. The molecular formula is C17H31N3S. The fraction of sp³-hybridized carbons (Fsp3) is 0.824. The number of hydrogen-bond acceptors (Lipinski definition) is 4. The van der Waals surface area contributed by atoms with Crippen molar-refractivity contribution in [1.29, 1.82) is 0 Å². The summed E-state index contributed by atoms with van der Waals surface area (Å²) in [5, 5.41) is 7.16. The van der Waals surface area contributed by atoms with Crippen molar-refractivity contribution in [3.63, 3.8) is 0 Å². The molecule has 1 aromatic heterocycles. The summed E-state index contributed by atoms with van der Waals surface area (Å²) < 4.78 is 0. The van der Waals surface area contributed by atoms with Crippen LogP contribution >= 0.6 is 11.3 Å². The van der Waals surface area contributed by atoms with Gasteiger partial charge in [0.25, 0.3) is 0 Å². The topological polar surface area (TPSA) is 28.2 Å². The molecule has 1 aliphatic rings. The first-order chi connectivity index (χ1) is 9.77. The Bertz CT molecular complexity index is 447. The second-order valence-corrected chi connectivity index (χ2v) is 8.80. The predicted octanol–water partition coefficient (Wildman–Crippen LogP) is 3.34. The van der Waals surface area contributed by atoms with Gasteiger partial charge in [-0.05, 0) is 18.3 Å². The van der Waals surface area contributed by atoms with Crippen molar-refractivity contribution >= 4 is 11.3 Å². The second kappa shape index (κ2) is 6.76. The van der Waals surface area contributed by atoms with E-state index in [4.69, 9.17) is 0 Å². The van der Waals surface area contributed by atoms with Crippen LogP contribution in [0.3, 0.4) is 0 Å². The molecule has 1 aliphatic heterocycles. The van der Waals surface area contributed by atoms with Crippen LogP contribution < -0.4 is 5.32 Å². The van der Waals surface area contributed by atoms with E-state index in [-0.39, 0.29) is 0 Å². The van der Waals surface area contributed by atoms with Gasteiger partial charge in [-0.1, -0.05) is 34.6 Å². The van der Waals surface area contributed by atoms with Crippen LogP contribution in [0.2, 0.25) is 0 Å². The van der Waals surface area contributed by atoms with Crippen molar-refractivity contribution in [3.05, 3.63) is 16.1 Å². The highest BCUT2D eigenvalue weighted by Gasteiger charge is 2.34. The van der Waals surface area contributed by atoms with E-state index in [1.165, 1.54) is 10.7 Å². The van der Waals surface area contributed by atoms with E-state index >= 15 is 0 Å². The lowest BCUT2D eigenvalue weighted by Crippen LogP contribution is -2.61. The lowest BCUT2D eigenvalue weighted by molar-refractivity contribution is 0.0641. The van der Waals surface area contributed by atoms with Gasteiger partial charge in [0.15, 0.2) is 0 Å². The van der Waals surface area contributed by atoms with Gasteiger partial charge in [-0.2, -0.15) is 0 Å². The Morgan fingerprint density at radius 1 is 1.43 bits per heavy atom. The van der Waals surface area contributed by atoms with E-state index in [1.54, 1.807) is 11.3 Å². The van der Waals surface area contributed by atoms with Crippen LogP contribution in [0.25, 0.3) is 0 Å². The molecule has 0 aliphatic carbocycles. The molecule has 21 heavy (non-hydrogen) atoms. The third-order valence-electron chi connectivity index (χ3n) is 4.60. The van der Waals surface area contributed by atoms with Crippen molar-refractivity contribution in [2.75, 3.05) is 19.6 Å². The van der Waals surface area contributed by atoms with Crippen molar-refractivity contribution in [1.82, 2.24) is 15.2 Å². The first-order valence-corrected chi connectivity index (χ1v) is 9.04. The van der Waals surface area contributed by atoms with Gasteiger partial charge >= 0.3 is 0 Å². The zero-order valence-electron chi connectivity index (χ0n) is 14.4. The van der Waals surface area contributed by atoms with Crippen LogP contribution in [0.4, 0.5) is 0 Å². The van der Waals surface area contributed by atoms with Crippen LogP contribution in [0.15, 0.2) is 5.38 Å². The highest BCUT2D eigenvalue weighted by Crippen LogP contribution is 2.25. The molecule has 0 aromatic carbocycles. The Labute approximate surface area is 134 Å². The maximum atomic E-state index is 4.61. The van der Waals surface area contributed by atoms with Crippen molar-refractivity contribution < 1.29 is 0 Å². The van der Waals surface area contributed by atoms with E-state index in [0.717, 1.165) is 26.1 Å². The fourth-order valence-corrected chi connectivity index (χ4v) is 3.75. The van der Waals surface area contributed by atoms with Crippen LogP contribution in [-0.4, -0.2) is 41.6 Å². The summed E-state index contributed by atoms with van der Waals surface area (Å²) in [6.45, 7) is 17.2. The van der Waals surface area contributed by atoms with Gasteiger partial charge in [0, 0.05) is 43.5 Å². The van der Waals surface area contributed by atoms with Crippen LogP contribution in [0, 0.1) is 18.3 Å². The van der Waals surface area contributed by atoms with E-state index in [9.17, 15) is 0 Å². The zero-order chi connectivity index (χ0) is 15.6. The Hall–Kier alpha value is -0.450. The minimum Gasteiger partial charge on any atom is -0.311 e. The highest BCUT2D eigenvalue weighted by atomic mass is 32.1. The molecule has 2 atom stereocenters. The lowest BCUT2D eigenvalue weighted by Gasteiger charge is -2.46. The SMILES string of the molecule is Cc1nc(CCN2CC(C(C)(C)C)NCC2C(C)C)cs1. The summed E-state index contributed by atoms with van der Waals surface area (Å²) in [6, 6.07) is 1.22. The van der Waals surface area contributed by atoms with Gasteiger partial charge in [0.05, 0.1) is 10.7 Å². The number of nitrogens with one attached hydrogen (secondary N) is 1. The number of aryl methyl sites for hydroxylation is 1. The molecule has 0 amide bonds. The summed E-state index contributed by atoms with van der Waals surface area (Å²) in [5.74, 6) is 0.690. The maximum absolute atomic E-state index is 4.61. The average molecular weight is 310 g/mol. The lowest BCUT2D eigenvalue weighted by atomic mass is 9.83. The first-order valence-electron chi connectivity index (χ1n) is 8.16.